The second kappa shape index (κ2) is 10.2. The van der Waals surface area contributed by atoms with Crippen LogP contribution in [-0.2, 0) is 6.54 Å². The summed E-state index contributed by atoms with van der Waals surface area (Å²) in [4.78, 5) is 8.10. The van der Waals surface area contributed by atoms with E-state index in [0.717, 1.165) is 17.4 Å². The van der Waals surface area contributed by atoms with E-state index in [2.05, 4.69) is 52.9 Å². The summed E-state index contributed by atoms with van der Waals surface area (Å²) in [7, 11) is 0. The molecule has 7 heteroatoms. The molecule has 1 atom stereocenters. The number of aliphatic hydroxyl groups is 1. The van der Waals surface area contributed by atoms with Crippen LogP contribution in [0.5, 0.6) is 0 Å². The lowest BCUT2D eigenvalue weighted by molar-refractivity contribution is 0.184. The van der Waals surface area contributed by atoms with Crippen molar-refractivity contribution in [3.63, 3.8) is 0 Å². The van der Waals surface area contributed by atoms with Gasteiger partial charge in [-0.3, -0.25) is 0 Å². The summed E-state index contributed by atoms with van der Waals surface area (Å²) in [5.74, 6) is 0.730. The Bertz CT molecular complexity index is 826. The Hall–Kier alpha value is -1.16. The normalized spacial score (nSPS) is 12.7. The number of nitrogens with zero attached hydrogens (tertiary/aromatic N) is 1. The molecule has 2 aromatic heterocycles. The van der Waals surface area contributed by atoms with Crippen LogP contribution in [0, 0.1) is 6.92 Å². The van der Waals surface area contributed by atoms with Crippen LogP contribution in [0.15, 0.2) is 47.5 Å². The van der Waals surface area contributed by atoms with Gasteiger partial charge in [0.1, 0.15) is 6.10 Å². The van der Waals surface area contributed by atoms with Crippen molar-refractivity contribution in [3.8, 4) is 0 Å². The summed E-state index contributed by atoms with van der Waals surface area (Å²) >= 11 is 3.40. The number of benzene rings is 1. The van der Waals surface area contributed by atoms with Crippen LogP contribution in [-0.4, -0.2) is 24.2 Å². The molecule has 0 spiro atoms. The second-order valence-electron chi connectivity index (χ2n) is 5.79. The summed E-state index contributed by atoms with van der Waals surface area (Å²) < 4.78 is 1.20. The van der Waals surface area contributed by atoms with Gasteiger partial charge >= 0.3 is 0 Å². The topological polar surface area (TPSA) is 56.7 Å². The number of aryl methyl sites for hydroxylation is 1. The van der Waals surface area contributed by atoms with Gasteiger partial charge in [-0.25, -0.2) is 4.99 Å². The minimum absolute atomic E-state index is 0. The lowest BCUT2D eigenvalue weighted by atomic mass is 10.2. The quantitative estimate of drug-likeness (QED) is 0.261. The zero-order valence-corrected chi connectivity index (χ0v) is 18.8. The molecular formula is C19H24IN3OS2. The van der Waals surface area contributed by atoms with E-state index in [1.165, 1.54) is 19.8 Å². The number of nitrogens with one attached hydrogen (secondary N) is 2. The summed E-state index contributed by atoms with van der Waals surface area (Å²) in [5.41, 5.74) is 0. The van der Waals surface area contributed by atoms with Gasteiger partial charge in [-0.1, -0.05) is 18.2 Å². The summed E-state index contributed by atoms with van der Waals surface area (Å²) in [5, 5.41) is 18.1. The molecule has 3 aromatic rings. The van der Waals surface area contributed by atoms with Gasteiger partial charge in [-0.15, -0.1) is 46.7 Å². The maximum absolute atomic E-state index is 10.5. The highest BCUT2D eigenvalue weighted by Gasteiger charge is 2.12. The number of thiophene rings is 2. The average Bonchev–Trinajstić information content (AvgIpc) is 3.23. The van der Waals surface area contributed by atoms with Gasteiger partial charge in [0.2, 0.25) is 0 Å². The van der Waals surface area contributed by atoms with Gasteiger partial charge < -0.3 is 15.7 Å². The second-order valence-corrected chi connectivity index (χ2v) is 8.28. The molecule has 3 N–H and O–H groups in total. The molecule has 0 saturated heterocycles. The first-order chi connectivity index (χ1) is 12.2. The van der Waals surface area contributed by atoms with Crippen LogP contribution in [0.2, 0.25) is 0 Å². The van der Waals surface area contributed by atoms with Crippen LogP contribution in [0.1, 0.15) is 27.7 Å². The number of rotatable bonds is 6. The molecule has 2 heterocycles. The van der Waals surface area contributed by atoms with Crippen molar-refractivity contribution >= 4 is 62.7 Å². The van der Waals surface area contributed by atoms with Crippen molar-refractivity contribution in [2.75, 3.05) is 13.1 Å². The number of halogens is 1. The fraction of sp³-hybridized carbons (Fsp3) is 0.316. The maximum Gasteiger partial charge on any atom is 0.191 e. The largest absolute Gasteiger partial charge is 0.386 e. The molecule has 1 aromatic carbocycles. The van der Waals surface area contributed by atoms with Gasteiger partial charge in [0.05, 0.1) is 6.54 Å². The molecule has 0 amide bonds. The minimum atomic E-state index is -0.551. The van der Waals surface area contributed by atoms with E-state index in [1.54, 1.807) is 22.7 Å². The van der Waals surface area contributed by atoms with Crippen molar-refractivity contribution in [2.45, 2.75) is 26.5 Å². The van der Waals surface area contributed by atoms with E-state index in [0.29, 0.717) is 13.1 Å². The smallest absolute Gasteiger partial charge is 0.191 e. The van der Waals surface area contributed by atoms with Gasteiger partial charge in [0.25, 0.3) is 0 Å². The fourth-order valence-corrected chi connectivity index (χ4v) is 4.39. The SMILES string of the molecule is CCNC(=NCc1ccc(C)s1)NCC(O)c1cc2ccccc2s1.I. The van der Waals surface area contributed by atoms with E-state index in [9.17, 15) is 5.11 Å². The molecule has 0 aliphatic carbocycles. The highest BCUT2D eigenvalue weighted by molar-refractivity contribution is 14.0. The zero-order valence-electron chi connectivity index (χ0n) is 14.9. The van der Waals surface area contributed by atoms with E-state index in [4.69, 9.17) is 0 Å². The maximum atomic E-state index is 10.5. The highest BCUT2D eigenvalue weighted by Crippen LogP contribution is 2.29. The van der Waals surface area contributed by atoms with Crippen LogP contribution in [0.3, 0.4) is 0 Å². The average molecular weight is 501 g/mol. The van der Waals surface area contributed by atoms with Crippen molar-refractivity contribution in [1.82, 2.24) is 10.6 Å². The monoisotopic (exact) mass is 501 g/mol. The third-order valence-corrected chi connectivity index (χ3v) is 5.97. The van der Waals surface area contributed by atoms with Gasteiger partial charge in [0, 0.05) is 32.4 Å². The minimum Gasteiger partial charge on any atom is -0.386 e. The zero-order chi connectivity index (χ0) is 17.6. The predicted octanol–water partition coefficient (Wildman–Crippen LogP) is 4.68. The number of aliphatic hydroxyl groups excluding tert-OH is 1. The molecule has 0 aliphatic heterocycles. The van der Waals surface area contributed by atoms with Crippen molar-refractivity contribution in [1.29, 1.82) is 0 Å². The molecule has 3 rings (SSSR count). The van der Waals surface area contributed by atoms with Crippen LogP contribution < -0.4 is 10.6 Å². The molecular weight excluding hydrogens is 477 g/mol. The Balaban J connectivity index is 0.00000243. The Kier molecular flexibility index (Phi) is 8.33. The first-order valence-electron chi connectivity index (χ1n) is 8.39. The van der Waals surface area contributed by atoms with Crippen LogP contribution in [0.4, 0.5) is 0 Å². The molecule has 0 fully saturated rings. The number of hydrogen-bond donors (Lipinski definition) is 3. The number of guanidine groups is 1. The predicted molar refractivity (Wildman–Crippen MR) is 124 cm³/mol. The van der Waals surface area contributed by atoms with Crippen LogP contribution >= 0.6 is 46.7 Å². The Morgan fingerprint density at radius 1 is 1.15 bits per heavy atom. The Morgan fingerprint density at radius 3 is 2.65 bits per heavy atom. The highest BCUT2D eigenvalue weighted by atomic mass is 127. The van der Waals surface area contributed by atoms with E-state index >= 15 is 0 Å². The molecule has 0 radical (unpaired) electrons. The number of hydrogen-bond acceptors (Lipinski definition) is 4. The first kappa shape index (κ1) is 21.1. The first-order valence-corrected chi connectivity index (χ1v) is 10.0. The lowest BCUT2D eigenvalue weighted by Gasteiger charge is -2.14. The molecule has 140 valence electrons. The van der Waals surface area contributed by atoms with Crippen molar-refractivity contribution < 1.29 is 5.11 Å². The van der Waals surface area contributed by atoms with E-state index in [-0.39, 0.29) is 24.0 Å². The molecule has 26 heavy (non-hydrogen) atoms. The van der Waals surface area contributed by atoms with Gasteiger partial charge in [-0.2, -0.15) is 0 Å². The molecule has 0 saturated carbocycles. The van der Waals surface area contributed by atoms with E-state index in [1.807, 2.05) is 19.1 Å². The third-order valence-electron chi connectivity index (χ3n) is 3.77. The van der Waals surface area contributed by atoms with Crippen molar-refractivity contribution in [2.24, 2.45) is 4.99 Å². The fourth-order valence-electron chi connectivity index (χ4n) is 2.53. The number of aliphatic imine (C=N–C) groups is 1. The lowest BCUT2D eigenvalue weighted by Crippen LogP contribution is -2.39. The van der Waals surface area contributed by atoms with E-state index < -0.39 is 6.10 Å². The Morgan fingerprint density at radius 2 is 1.96 bits per heavy atom. The third kappa shape index (κ3) is 5.67. The standard InChI is InChI=1S/C19H23N3OS2.HI/c1-3-20-19(21-11-15-9-8-13(2)24-15)22-12-16(23)18-10-14-6-4-5-7-17(14)25-18;/h4-10,16,23H,3,11-12H2,1-2H3,(H2,20,21,22);1H. The number of fused-ring (bicyclic) bond motifs is 1. The van der Waals surface area contributed by atoms with Crippen LogP contribution in [0.25, 0.3) is 10.1 Å². The van der Waals surface area contributed by atoms with Gasteiger partial charge in [-0.05, 0) is 43.5 Å². The molecule has 0 aliphatic rings. The van der Waals surface area contributed by atoms with Crippen molar-refractivity contribution in [3.05, 3.63) is 57.1 Å². The summed E-state index contributed by atoms with van der Waals surface area (Å²) in [6, 6.07) is 14.5. The molecule has 1 unspecified atom stereocenters. The summed E-state index contributed by atoms with van der Waals surface area (Å²) in [6.45, 7) is 6.00. The molecule has 0 bridgehead atoms. The van der Waals surface area contributed by atoms with Gasteiger partial charge in [0.15, 0.2) is 5.96 Å². The summed E-state index contributed by atoms with van der Waals surface area (Å²) in [6.07, 6.45) is -0.551. The Labute approximate surface area is 179 Å². The molecule has 4 nitrogen and oxygen atoms in total.